The van der Waals surface area contributed by atoms with Gasteiger partial charge < -0.3 is 0 Å². The molecule has 0 aromatic heterocycles. The van der Waals surface area contributed by atoms with Crippen molar-refractivity contribution in [3.63, 3.8) is 0 Å². The lowest BCUT2D eigenvalue weighted by Gasteiger charge is -1.96. The molecule has 1 aliphatic carbocycles. The van der Waals surface area contributed by atoms with E-state index in [4.69, 9.17) is 5.26 Å². The molecule has 0 radical (unpaired) electrons. The van der Waals surface area contributed by atoms with E-state index < -0.39 is 0 Å². The molecule has 60 valence electrons. The number of fused-ring (bicyclic) bond motifs is 1. The number of nitrogens with zero attached hydrogens (tertiary/aromatic N) is 1. The highest BCUT2D eigenvalue weighted by Crippen LogP contribution is 2.26. The van der Waals surface area contributed by atoms with Crippen LogP contribution in [0.3, 0.4) is 0 Å². The monoisotopic (exact) mass is 157 g/mol. The van der Waals surface area contributed by atoms with E-state index in [0.29, 0.717) is 0 Å². The van der Waals surface area contributed by atoms with Crippen LogP contribution < -0.4 is 0 Å². The van der Waals surface area contributed by atoms with Gasteiger partial charge in [0.25, 0.3) is 0 Å². The Balaban J connectivity index is 2.44. The molecule has 1 atom stereocenters. The van der Waals surface area contributed by atoms with Crippen LogP contribution in [-0.4, -0.2) is 0 Å². The normalized spacial score (nSPS) is 20.2. The molecule has 0 saturated carbocycles. The molecule has 1 heteroatoms. The molecule has 0 bridgehead atoms. The predicted molar refractivity (Wildman–Crippen MR) is 47.7 cm³/mol. The zero-order chi connectivity index (χ0) is 8.55. The third-order valence-corrected chi connectivity index (χ3v) is 2.47. The van der Waals surface area contributed by atoms with Gasteiger partial charge in [0.05, 0.1) is 11.6 Å². The summed E-state index contributed by atoms with van der Waals surface area (Å²) < 4.78 is 0. The van der Waals surface area contributed by atoms with Gasteiger partial charge in [-0.3, -0.25) is 0 Å². The fourth-order valence-electron chi connectivity index (χ4n) is 1.91. The first-order chi connectivity index (χ1) is 5.79. The molecule has 0 aliphatic heterocycles. The fourth-order valence-corrected chi connectivity index (χ4v) is 1.91. The summed E-state index contributed by atoms with van der Waals surface area (Å²) in [5.41, 5.74) is 3.60. The Kier molecular flexibility index (Phi) is 1.62. The van der Waals surface area contributed by atoms with Gasteiger partial charge in [-0.2, -0.15) is 5.26 Å². The second-order valence-electron chi connectivity index (χ2n) is 3.61. The fraction of sp³-hybridized carbons (Fsp3) is 0.364. The number of benzene rings is 1. The molecule has 0 saturated heterocycles. The van der Waals surface area contributed by atoms with Crippen molar-refractivity contribution in [1.82, 2.24) is 0 Å². The standard InChI is InChI=1S/C11H11N/c1-8-4-10-3-2-9(7-12)6-11(10)5-8/h2-3,6,8H,4-5H2,1H3. The summed E-state index contributed by atoms with van der Waals surface area (Å²) in [5, 5.41) is 8.68. The Hall–Kier alpha value is -1.29. The minimum absolute atomic E-state index is 0.758. The van der Waals surface area contributed by atoms with Gasteiger partial charge in [0.1, 0.15) is 0 Å². The Labute approximate surface area is 72.6 Å². The molecule has 1 unspecified atom stereocenters. The van der Waals surface area contributed by atoms with E-state index in [1.54, 1.807) is 0 Å². The van der Waals surface area contributed by atoms with Crippen LogP contribution in [0.2, 0.25) is 0 Å². The van der Waals surface area contributed by atoms with Crippen LogP contribution in [0.15, 0.2) is 18.2 Å². The van der Waals surface area contributed by atoms with E-state index in [9.17, 15) is 0 Å². The van der Waals surface area contributed by atoms with Crippen molar-refractivity contribution >= 4 is 0 Å². The topological polar surface area (TPSA) is 23.8 Å². The SMILES string of the molecule is CC1Cc2ccc(C#N)cc2C1. The van der Waals surface area contributed by atoms with Gasteiger partial charge in [0, 0.05) is 0 Å². The highest BCUT2D eigenvalue weighted by molar-refractivity contribution is 5.40. The van der Waals surface area contributed by atoms with E-state index in [0.717, 1.165) is 17.9 Å². The van der Waals surface area contributed by atoms with Crippen molar-refractivity contribution in [2.75, 3.05) is 0 Å². The van der Waals surface area contributed by atoms with Crippen molar-refractivity contribution in [3.8, 4) is 6.07 Å². The van der Waals surface area contributed by atoms with Gasteiger partial charge in [-0.15, -0.1) is 0 Å². The van der Waals surface area contributed by atoms with E-state index in [1.165, 1.54) is 17.5 Å². The quantitative estimate of drug-likeness (QED) is 0.567. The molecule has 0 spiro atoms. The Morgan fingerprint density at radius 1 is 1.33 bits per heavy atom. The summed E-state index contributed by atoms with van der Waals surface area (Å²) in [4.78, 5) is 0. The zero-order valence-corrected chi connectivity index (χ0v) is 7.17. The minimum Gasteiger partial charge on any atom is -0.192 e. The number of rotatable bonds is 0. The van der Waals surface area contributed by atoms with Crippen LogP contribution in [-0.2, 0) is 12.8 Å². The number of hydrogen-bond donors (Lipinski definition) is 0. The summed E-state index contributed by atoms with van der Waals surface area (Å²) >= 11 is 0. The van der Waals surface area contributed by atoms with Gasteiger partial charge in [-0.05, 0) is 42.0 Å². The third kappa shape index (κ3) is 1.10. The summed E-state index contributed by atoms with van der Waals surface area (Å²) in [6.07, 6.45) is 2.33. The van der Waals surface area contributed by atoms with Gasteiger partial charge in [0.2, 0.25) is 0 Å². The Morgan fingerprint density at radius 2 is 2.08 bits per heavy atom. The average Bonchev–Trinajstić information content (AvgIpc) is 2.43. The summed E-state index contributed by atoms with van der Waals surface area (Å²) in [6.45, 7) is 2.26. The molecule has 1 aromatic rings. The predicted octanol–water partition coefficient (Wildman–Crippen LogP) is 2.29. The maximum atomic E-state index is 8.68. The van der Waals surface area contributed by atoms with Crippen molar-refractivity contribution in [1.29, 1.82) is 5.26 Å². The van der Waals surface area contributed by atoms with E-state index >= 15 is 0 Å². The van der Waals surface area contributed by atoms with E-state index in [1.807, 2.05) is 12.1 Å². The molecule has 2 rings (SSSR count). The van der Waals surface area contributed by atoms with Gasteiger partial charge >= 0.3 is 0 Å². The second-order valence-corrected chi connectivity index (χ2v) is 3.61. The molecular weight excluding hydrogens is 146 g/mol. The molecule has 0 heterocycles. The number of nitriles is 1. The minimum atomic E-state index is 0.758. The van der Waals surface area contributed by atoms with Crippen LogP contribution >= 0.6 is 0 Å². The number of hydrogen-bond acceptors (Lipinski definition) is 1. The van der Waals surface area contributed by atoms with Crippen molar-refractivity contribution in [3.05, 3.63) is 34.9 Å². The molecule has 0 amide bonds. The lowest BCUT2D eigenvalue weighted by atomic mass is 10.1. The largest absolute Gasteiger partial charge is 0.192 e. The van der Waals surface area contributed by atoms with Crippen LogP contribution in [0.25, 0.3) is 0 Å². The molecule has 1 aliphatic rings. The zero-order valence-electron chi connectivity index (χ0n) is 7.17. The van der Waals surface area contributed by atoms with Crippen molar-refractivity contribution in [2.24, 2.45) is 5.92 Å². The molecule has 1 aromatic carbocycles. The highest BCUT2D eigenvalue weighted by atomic mass is 14.3. The van der Waals surface area contributed by atoms with Crippen LogP contribution in [0.1, 0.15) is 23.6 Å². The lowest BCUT2D eigenvalue weighted by Crippen LogP contribution is -1.89. The smallest absolute Gasteiger partial charge is 0.0991 e. The molecule has 0 fully saturated rings. The second kappa shape index (κ2) is 2.64. The first-order valence-corrected chi connectivity index (χ1v) is 4.31. The maximum absolute atomic E-state index is 8.68. The average molecular weight is 157 g/mol. The highest BCUT2D eigenvalue weighted by Gasteiger charge is 2.17. The van der Waals surface area contributed by atoms with Crippen LogP contribution in [0.4, 0.5) is 0 Å². The van der Waals surface area contributed by atoms with E-state index in [2.05, 4.69) is 19.1 Å². The first kappa shape index (κ1) is 7.36. The van der Waals surface area contributed by atoms with Gasteiger partial charge in [-0.1, -0.05) is 13.0 Å². The maximum Gasteiger partial charge on any atom is 0.0991 e. The van der Waals surface area contributed by atoms with E-state index in [-0.39, 0.29) is 0 Å². The molecule has 12 heavy (non-hydrogen) atoms. The summed E-state index contributed by atoms with van der Waals surface area (Å²) in [6, 6.07) is 8.21. The molecule has 1 nitrogen and oxygen atoms in total. The Bertz CT molecular complexity index is 347. The third-order valence-electron chi connectivity index (χ3n) is 2.47. The van der Waals surface area contributed by atoms with Crippen LogP contribution in [0, 0.1) is 17.2 Å². The summed E-state index contributed by atoms with van der Waals surface area (Å²) in [5.74, 6) is 0.758. The van der Waals surface area contributed by atoms with Crippen molar-refractivity contribution in [2.45, 2.75) is 19.8 Å². The van der Waals surface area contributed by atoms with Crippen molar-refractivity contribution < 1.29 is 0 Å². The first-order valence-electron chi connectivity index (χ1n) is 4.31. The summed E-state index contributed by atoms with van der Waals surface area (Å²) in [7, 11) is 0. The van der Waals surface area contributed by atoms with Gasteiger partial charge in [0.15, 0.2) is 0 Å². The van der Waals surface area contributed by atoms with Gasteiger partial charge in [-0.25, -0.2) is 0 Å². The molecular formula is C11H11N. The molecule has 0 N–H and O–H groups in total. The Morgan fingerprint density at radius 3 is 2.83 bits per heavy atom. The lowest BCUT2D eigenvalue weighted by molar-refractivity contribution is 0.628. The van der Waals surface area contributed by atoms with Crippen LogP contribution in [0.5, 0.6) is 0 Å².